The Kier molecular flexibility index (Phi) is 5.83. The van der Waals surface area contributed by atoms with Gasteiger partial charge in [0.15, 0.2) is 5.01 Å². The first-order valence-electron chi connectivity index (χ1n) is 9.17. The van der Waals surface area contributed by atoms with Crippen molar-refractivity contribution in [3.63, 3.8) is 0 Å². The van der Waals surface area contributed by atoms with E-state index in [9.17, 15) is 22.0 Å². The van der Waals surface area contributed by atoms with Crippen molar-refractivity contribution in [1.29, 1.82) is 0 Å². The number of carbonyl (C=O) groups is 1. The van der Waals surface area contributed by atoms with Crippen LogP contribution in [-0.2, 0) is 10.0 Å². The minimum Gasteiger partial charge on any atom is -0.320 e. The van der Waals surface area contributed by atoms with E-state index in [1.54, 1.807) is 18.2 Å². The number of primary sulfonamides is 1. The van der Waals surface area contributed by atoms with E-state index in [1.165, 1.54) is 54.6 Å². The van der Waals surface area contributed by atoms with E-state index >= 15 is 0 Å². The first-order valence-corrected chi connectivity index (χ1v) is 11.5. The number of carbonyl (C=O) groups excluding carboxylic acids is 1. The zero-order valence-electron chi connectivity index (χ0n) is 16.2. The molecule has 0 saturated heterocycles. The molecule has 1 amide bonds. The summed E-state index contributed by atoms with van der Waals surface area (Å²) in [7, 11) is -3.86. The lowest BCUT2D eigenvalue weighted by Gasteiger charge is -2.04. The smallest absolute Gasteiger partial charge is 0.284 e. The summed E-state index contributed by atoms with van der Waals surface area (Å²) in [6.07, 6.45) is 0. The van der Waals surface area contributed by atoms with E-state index < -0.39 is 27.6 Å². The maximum Gasteiger partial charge on any atom is 0.284 e. The van der Waals surface area contributed by atoms with Gasteiger partial charge < -0.3 is 5.32 Å². The number of benzene rings is 3. The average molecular weight is 472 g/mol. The molecule has 0 fully saturated rings. The van der Waals surface area contributed by atoms with Gasteiger partial charge in [0.05, 0.1) is 15.5 Å². The summed E-state index contributed by atoms with van der Waals surface area (Å²) in [5.74, 6) is -1.46. The first kappa shape index (κ1) is 21.8. The molecule has 4 rings (SSSR count). The fourth-order valence-electron chi connectivity index (χ4n) is 2.96. The van der Waals surface area contributed by atoms with Crippen LogP contribution in [0.1, 0.15) is 9.80 Å². The van der Waals surface area contributed by atoms with Gasteiger partial charge in [-0.05, 0) is 60.2 Å². The minimum absolute atomic E-state index is 0.0573. The Morgan fingerprint density at radius 2 is 1.56 bits per heavy atom. The average Bonchev–Trinajstić information content (AvgIpc) is 3.19. The fraction of sp³-hybridized carbons (Fsp3) is 0. The molecule has 0 aliphatic rings. The van der Waals surface area contributed by atoms with Gasteiger partial charge in [0.2, 0.25) is 10.0 Å². The number of nitrogens with one attached hydrogen (secondary N) is 1. The third-order valence-corrected chi connectivity index (χ3v) is 6.50. The summed E-state index contributed by atoms with van der Waals surface area (Å²) in [6.45, 7) is 0. The van der Waals surface area contributed by atoms with Crippen molar-refractivity contribution >= 4 is 33.0 Å². The van der Waals surface area contributed by atoms with E-state index in [4.69, 9.17) is 5.14 Å². The monoisotopic (exact) mass is 471 g/mol. The number of anilines is 1. The van der Waals surface area contributed by atoms with Crippen LogP contribution in [0.3, 0.4) is 0 Å². The van der Waals surface area contributed by atoms with Gasteiger partial charge >= 0.3 is 0 Å². The van der Waals surface area contributed by atoms with E-state index in [0.717, 1.165) is 11.3 Å². The molecule has 0 unspecified atom stereocenters. The van der Waals surface area contributed by atoms with Crippen LogP contribution < -0.4 is 10.5 Å². The van der Waals surface area contributed by atoms with E-state index in [0.29, 0.717) is 21.7 Å². The van der Waals surface area contributed by atoms with Crippen LogP contribution in [0.5, 0.6) is 0 Å². The molecular formula is C22H15F2N3O3S2. The van der Waals surface area contributed by atoms with Crippen molar-refractivity contribution in [3.8, 4) is 21.7 Å². The van der Waals surface area contributed by atoms with Crippen LogP contribution in [0.25, 0.3) is 21.7 Å². The zero-order chi connectivity index (χ0) is 22.9. The van der Waals surface area contributed by atoms with Gasteiger partial charge in [0.25, 0.3) is 5.91 Å². The maximum atomic E-state index is 13.4. The highest BCUT2D eigenvalue weighted by atomic mass is 32.2. The number of aromatic nitrogens is 1. The Balaban J connectivity index is 1.76. The molecule has 0 aliphatic heterocycles. The highest BCUT2D eigenvalue weighted by molar-refractivity contribution is 7.89. The Hall–Kier alpha value is -3.47. The Bertz CT molecular complexity index is 1400. The SMILES string of the molecule is NS(=O)(=O)c1ccc(-c2sc(C(=O)Nc3cccc(F)c3)nc2-c2ccc(F)cc2)cc1. The highest BCUT2D eigenvalue weighted by Crippen LogP contribution is 2.37. The van der Waals surface area contributed by atoms with E-state index in [1.807, 2.05) is 0 Å². The third kappa shape index (κ3) is 4.72. The number of nitrogens with zero attached hydrogens (tertiary/aromatic N) is 1. The number of rotatable bonds is 5. The second-order valence-electron chi connectivity index (χ2n) is 6.74. The summed E-state index contributed by atoms with van der Waals surface area (Å²) in [5.41, 5.74) is 1.85. The lowest BCUT2D eigenvalue weighted by Crippen LogP contribution is -2.11. The summed E-state index contributed by atoms with van der Waals surface area (Å²) in [6, 6.07) is 16.9. The normalized spacial score (nSPS) is 11.3. The summed E-state index contributed by atoms with van der Waals surface area (Å²) in [4.78, 5) is 17.7. The van der Waals surface area contributed by atoms with Crippen molar-refractivity contribution < 1.29 is 22.0 Å². The van der Waals surface area contributed by atoms with Gasteiger partial charge in [-0.25, -0.2) is 27.3 Å². The molecule has 1 aromatic heterocycles. The Labute approximate surface area is 186 Å². The lowest BCUT2D eigenvalue weighted by atomic mass is 10.1. The zero-order valence-corrected chi connectivity index (χ0v) is 17.9. The third-order valence-electron chi connectivity index (χ3n) is 4.47. The molecular weight excluding hydrogens is 456 g/mol. The summed E-state index contributed by atoms with van der Waals surface area (Å²) >= 11 is 1.07. The molecule has 0 aliphatic carbocycles. The second kappa shape index (κ2) is 8.58. The molecule has 162 valence electrons. The van der Waals surface area contributed by atoms with Crippen LogP contribution in [0.4, 0.5) is 14.5 Å². The molecule has 3 aromatic carbocycles. The molecule has 1 heterocycles. The molecule has 0 radical (unpaired) electrons. The first-order chi connectivity index (χ1) is 15.2. The van der Waals surface area contributed by atoms with Crippen molar-refractivity contribution in [1.82, 2.24) is 4.98 Å². The number of hydrogen-bond acceptors (Lipinski definition) is 5. The number of hydrogen-bond donors (Lipinski definition) is 2. The predicted octanol–water partition coefficient (Wildman–Crippen LogP) is 4.66. The van der Waals surface area contributed by atoms with Gasteiger partial charge in [0, 0.05) is 11.3 Å². The maximum absolute atomic E-state index is 13.4. The molecule has 0 saturated carbocycles. The molecule has 0 spiro atoms. The largest absolute Gasteiger partial charge is 0.320 e. The fourth-order valence-corrected chi connectivity index (χ4v) is 4.47. The number of nitrogens with two attached hydrogens (primary N) is 1. The van der Waals surface area contributed by atoms with Gasteiger partial charge in [-0.3, -0.25) is 4.79 Å². The molecule has 3 N–H and O–H groups in total. The van der Waals surface area contributed by atoms with Crippen LogP contribution in [0, 0.1) is 11.6 Å². The molecule has 0 bridgehead atoms. The van der Waals surface area contributed by atoms with Crippen molar-refractivity contribution in [2.45, 2.75) is 4.90 Å². The second-order valence-corrected chi connectivity index (χ2v) is 9.30. The van der Waals surface area contributed by atoms with Gasteiger partial charge in [0.1, 0.15) is 11.6 Å². The standard InChI is InChI=1S/C22H15F2N3O3S2/c23-15-8-4-13(5-9-15)19-20(14-6-10-18(11-7-14)32(25,29)30)31-22(27-19)21(28)26-17-3-1-2-16(24)12-17/h1-12H,(H,26,28)(H2,25,29,30). The minimum atomic E-state index is -3.86. The van der Waals surface area contributed by atoms with Crippen LogP contribution in [0.2, 0.25) is 0 Å². The van der Waals surface area contributed by atoms with E-state index in [-0.39, 0.29) is 15.6 Å². The lowest BCUT2D eigenvalue weighted by molar-refractivity contribution is 0.102. The Morgan fingerprint density at radius 3 is 2.19 bits per heavy atom. The van der Waals surface area contributed by atoms with Crippen LogP contribution in [0.15, 0.2) is 77.7 Å². The van der Waals surface area contributed by atoms with Gasteiger partial charge in [-0.15, -0.1) is 11.3 Å². The highest BCUT2D eigenvalue weighted by Gasteiger charge is 2.20. The number of sulfonamides is 1. The van der Waals surface area contributed by atoms with Crippen molar-refractivity contribution in [2.75, 3.05) is 5.32 Å². The summed E-state index contributed by atoms with van der Waals surface area (Å²) in [5, 5.41) is 7.85. The molecule has 32 heavy (non-hydrogen) atoms. The number of halogens is 2. The van der Waals surface area contributed by atoms with Gasteiger partial charge in [-0.2, -0.15) is 0 Å². The molecule has 4 aromatic rings. The van der Waals surface area contributed by atoms with Crippen molar-refractivity contribution in [3.05, 3.63) is 89.4 Å². The number of amides is 1. The topological polar surface area (TPSA) is 102 Å². The van der Waals surface area contributed by atoms with Crippen LogP contribution in [-0.4, -0.2) is 19.3 Å². The predicted molar refractivity (Wildman–Crippen MR) is 119 cm³/mol. The van der Waals surface area contributed by atoms with Crippen LogP contribution >= 0.6 is 11.3 Å². The van der Waals surface area contributed by atoms with Crippen molar-refractivity contribution in [2.24, 2.45) is 5.14 Å². The summed E-state index contributed by atoms with van der Waals surface area (Å²) < 4.78 is 49.9. The number of thiazole rings is 1. The molecule has 0 atom stereocenters. The van der Waals surface area contributed by atoms with E-state index in [2.05, 4.69) is 10.3 Å². The molecule has 10 heteroatoms. The Morgan fingerprint density at radius 1 is 0.906 bits per heavy atom. The quantitative estimate of drug-likeness (QED) is 0.442. The van der Waals surface area contributed by atoms with Gasteiger partial charge in [-0.1, -0.05) is 18.2 Å². The molecule has 6 nitrogen and oxygen atoms in total.